The van der Waals surface area contributed by atoms with Crippen molar-refractivity contribution in [1.82, 2.24) is 0 Å². The molecule has 0 saturated carbocycles. The second-order valence-corrected chi connectivity index (χ2v) is 5.64. The summed E-state index contributed by atoms with van der Waals surface area (Å²) in [6.45, 7) is 4.95. The van der Waals surface area contributed by atoms with Crippen LogP contribution in [0.4, 0.5) is 5.69 Å². The fourth-order valence-corrected chi connectivity index (χ4v) is 2.45. The van der Waals surface area contributed by atoms with E-state index in [2.05, 4.69) is 5.32 Å². The Morgan fingerprint density at radius 1 is 0.962 bits per heavy atom. The van der Waals surface area contributed by atoms with E-state index in [1.807, 2.05) is 32.0 Å². The van der Waals surface area contributed by atoms with Crippen molar-refractivity contribution in [2.45, 2.75) is 26.7 Å². The Labute approximate surface area is 153 Å². The average molecular weight is 356 g/mol. The fourth-order valence-electron chi connectivity index (χ4n) is 2.45. The minimum absolute atomic E-state index is 0.108. The van der Waals surface area contributed by atoms with Gasteiger partial charge in [0.15, 0.2) is 11.5 Å². The molecule has 0 bridgehead atoms. The maximum atomic E-state index is 12.1. The molecule has 2 amide bonds. The van der Waals surface area contributed by atoms with Gasteiger partial charge in [-0.05, 0) is 62.2 Å². The van der Waals surface area contributed by atoms with Crippen LogP contribution in [0.3, 0.4) is 0 Å². The molecule has 0 fully saturated rings. The Morgan fingerprint density at radius 3 is 2.23 bits per heavy atom. The molecule has 138 valence electrons. The molecule has 0 heterocycles. The van der Waals surface area contributed by atoms with Gasteiger partial charge in [-0.25, -0.2) is 0 Å². The van der Waals surface area contributed by atoms with Crippen LogP contribution in [0.15, 0.2) is 42.5 Å². The first kappa shape index (κ1) is 19.3. The van der Waals surface area contributed by atoms with Gasteiger partial charge < -0.3 is 20.5 Å². The summed E-state index contributed by atoms with van der Waals surface area (Å²) < 4.78 is 11.1. The molecule has 0 radical (unpaired) electrons. The van der Waals surface area contributed by atoms with Crippen molar-refractivity contribution in [3.63, 3.8) is 0 Å². The summed E-state index contributed by atoms with van der Waals surface area (Å²) in [7, 11) is 0. The predicted octanol–water partition coefficient (Wildman–Crippen LogP) is 3.15. The third kappa shape index (κ3) is 5.51. The quantitative estimate of drug-likeness (QED) is 0.722. The zero-order valence-electron chi connectivity index (χ0n) is 15.1. The van der Waals surface area contributed by atoms with E-state index in [0.717, 1.165) is 5.56 Å². The van der Waals surface area contributed by atoms with Gasteiger partial charge in [0.25, 0.3) is 0 Å². The smallest absolute Gasteiger partial charge is 0.248 e. The van der Waals surface area contributed by atoms with E-state index in [-0.39, 0.29) is 5.91 Å². The third-order valence-corrected chi connectivity index (χ3v) is 3.70. The maximum Gasteiger partial charge on any atom is 0.248 e. The normalized spacial score (nSPS) is 10.2. The number of nitrogens with one attached hydrogen (secondary N) is 1. The van der Waals surface area contributed by atoms with Crippen LogP contribution >= 0.6 is 0 Å². The number of primary amides is 1. The number of hydrogen-bond donors (Lipinski definition) is 2. The van der Waals surface area contributed by atoms with Crippen LogP contribution in [0.25, 0.3) is 0 Å². The molecule has 0 aromatic heterocycles. The lowest BCUT2D eigenvalue weighted by Crippen LogP contribution is -2.13. The Hall–Kier alpha value is -3.02. The van der Waals surface area contributed by atoms with Crippen LogP contribution in [-0.4, -0.2) is 25.0 Å². The van der Waals surface area contributed by atoms with E-state index in [9.17, 15) is 9.59 Å². The molecule has 0 atom stereocenters. The van der Waals surface area contributed by atoms with Gasteiger partial charge in [0, 0.05) is 17.7 Å². The number of carbonyl (C=O) groups is 2. The lowest BCUT2D eigenvalue weighted by atomic mass is 10.1. The average Bonchev–Trinajstić information content (AvgIpc) is 2.62. The van der Waals surface area contributed by atoms with Crippen LogP contribution in [0.2, 0.25) is 0 Å². The van der Waals surface area contributed by atoms with Crippen LogP contribution in [0, 0.1) is 0 Å². The minimum atomic E-state index is -0.497. The van der Waals surface area contributed by atoms with Crippen molar-refractivity contribution < 1.29 is 19.1 Å². The molecule has 2 aromatic rings. The molecule has 2 rings (SSSR count). The third-order valence-electron chi connectivity index (χ3n) is 3.70. The van der Waals surface area contributed by atoms with Crippen molar-refractivity contribution in [3.05, 3.63) is 53.6 Å². The highest BCUT2D eigenvalue weighted by molar-refractivity contribution is 5.94. The van der Waals surface area contributed by atoms with Crippen molar-refractivity contribution in [2.24, 2.45) is 5.73 Å². The molecular formula is C20H24N2O4. The lowest BCUT2D eigenvalue weighted by Gasteiger charge is -2.12. The van der Waals surface area contributed by atoms with Gasteiger partial charge >= 0.3 is 0 Å². The van der Waals surface area contributed by atoms with Crippen LogP contribution in [-0.2, 0) is 11.2 Å². The van der Waals surface area contributed by atoms with E-state index in [1.54, 1.807) is 24.3 Å². The summed E-state index contributed by atoms with van der Waals surface area (Å²) in [5.41, 5.74) is 7.22. The lowest BCUT2D eigenvalue weighted by molar-refractivity contribution is -0.116. The van der Waals surface area contributed by atoms with Crippen LogP contribution in [0.5, 0.6) is 11.5 Å². The van der Waals surface area contributed by atoms with Crippen molar-refractivity contribution in [2.75, 3.05) is 18.5 Å². The fraction of sp³-hybridized carbons (Fsp3) is 0.300. The maximum absolute atomic E-state index is 12.1. The summed E-state index contributed by atoms with van der Waals surface area (Å²) in [6.07, 6.45) is 0.912. The number of nitrogens with two attached hydrogens (primary N) is 1. The zero-order chi connectivity index (χ0) is 18.9. The Balaban J connectivity index is 1.93. The molecule has 3 N–H and O–H groups in total. The number of aryl methyl sites for hydroxylation is 1. The van der Waals surface area contributed by atoms with Crippen molar-refractivity contribution in [1.29, 1.82) is 0 Å². The molecule has 0 aliphatic carbocycles. The number of benzene rings is 2. The van der Waals surface area contributed by atoms with Crippen molar-refractivity contribution >= 4 is 17.5 Å². The van der Waals surface area contributed by atoms with Gasteiger partial charge in [0.2, 0.25) is 11.8 Å². The van der Waals surface area contributed by atoms with Gasteiger partial charge in [-0.2, -0.15) is 0 Å². The second kappa shape index (κ2) is 9.46. The van der Waals surface area contributed by atoms with Gasteiger partial charge in [-0.3, -0.25) is 9.59 Å². The Bertz CT molecular complexity index is 757. The standard InChI is InChI=1S/C20H24N2O4/c1-3-25-17-11-5-14(13-18(17)26-4-2)6-12-19(23)22-16-9-7-15(8-10-16)20(21)24/h5,7-11,13H,3-4,6,12H2,1-2H3,(H2,21,24)(H,22,23). The highest BCUT2D eigenvalue weighted by atomic mass is 16.5. The Morgan fingerprint density at radius 2 is 1.62 bits per heavy atom. The summed E-state index contributed by atoms with van der Waals surface area (Å²) in [5, 5.41) is 2.80. The molecule has 0 aliphatic heterocycles. The highest BCUT2D eigenvalue weighted by Gasteiger charge is 2.09. The largest absolute Gasteiger partial charge is 0.490 e. The van der Waals surface area contributed by atoms with E-state index in [0.29, 0.717) is 48.8 Å². The van der Waals surface area contributed by atoms with Gasteiger partial charge in [0.1, 0.15) is 0 Å². The number of carbonyl (C=O) groups excluding carboxylic acids is 2. The van der Waals surface area contributed by atoms with E-state index < -0.39 is 5.91 Å². The SMILES string of the molecule is CCOc1ccc(CCC(=O)Nc2ccc(C(N)=O)cc2)cc1OCC. The molecule has 2 aromatic carbocycles. The second-order valence-electron chi connectivity index (χ2n) is 5.64. The van der Waals surface area contributed by atoms with Gasteiger partial charge in [0.05, 0.1) is 13.2 Å². The molecule has 6 nitrogen and oxygen atoms in total. The van der Waals surface area contributed by atoms with Gasteiger partial charge in [-0.1, -0.05) is 6.07 Å². The predicted molar refractivity (Wildman–Crippen MR) is 101 cm³/mol. The van der Waals surface area contributed by atoms with Crippen LogP contribution < -0.4 is 20.5 Å². The minimum Gasteiger partial charge on any atom is -0.490 e. The number of anilines is 1. The van der Waals surface area contributed by atoms with E-state index >= 15 is 0 Å². The summed E-state index contributed by atoms with van der Waals surface area (Å²) >= 11 is 0. The van der Waals surface area contributed by atoms with Crippen LogP contribution in [0.1, 0.15) is 36.2 Å². The van der Waals surface area contributed by atoms with E-state index in [4.69, 9.17) is 15.2 Å². The summed E-state index contributed by atoms with van der Waals surface area (Å²) in [5.74, 6) is 0.790. The molecule has 0 spiro atoms. The molecule has 0 aliphatic rings. The first-order valence-corrected chi connectivity index (χ1v) is 8.61. The molecule has 26 heavy (non-hydrogen) atoms. The number of hydrogen-bond acceptors (Lipinski definition) is 4. The molecule has 0 saturated heterocycles. The van der Waals surface area contributed by atoms with E-state index in [1.165, 1.54) is 0 Å². The monoisotopic (exact) mass is 356 g/mol. The summed E-state index contributed by atoms with van der Waals surface area (Å²) in [4.78, 5) is 23.2. The number of amides is 2. The number of ether oxygens (including phenoxy) is 2. The van der Waals surface area contributed by atoms with Crippen molar-refractivity contribution in [3.8, 4) is 11.5 Å². The topological polar surface area (TPSA) is 90.6 Å². The molecule has 6 heteroatoms. The highest BCUT2D eigenvalue weighted by Crippen LogP contribution is 2.29. The number of rotatable bonds is 9. The first-order chi connectivity index (χ1) is 12.5. The van der Waals surface area contributed by atoms with Gasteiger partial charge in [-0.15, -0.1) is 0 Å². The zero-order valence-corrected chi connectivity index (χ0v) is 15.1. The first-order valence-electron chi connectivity index (χ1n) is 8.61. The summed E-state index contributed by atoms with van der Waals surface area (Å²) in [6, 6.07) is 12.2. The molecular weight excluding hydrogens is 332 g/mol. The molecule has 0 unspecified atom stereocenters. The Kier molecular flexibility index (Phi) is 7.02.